The molecule has 0 aromatic rings. The van der Waals surface area contributed by atoms with Gasteiger partial charge in [0.2, 0.25) is 0 Å². The minimum Gasteiger partial charge on any atom is -0.313 e. The van der Waals surface area contributed by atoms with Crippen LogP contribution < -0.4 is 5.32 Å². The van der Waals surface area contributed by atoms with Gasteiger partial charge in [0.1, 0.15) is 0 Å². The van der Waals surface area contributed by atoms with Gasteiger partial charge in [0, 0.05) is 25.2 Å². The average Bonchev–Trinajstić information content (AvgIpc) is 2.98. The third-order valence-corrected chi connectivity index (χ3v) is 4.38. The van der Waals surface area contributed by atoms with E-state index in [1.54, 1.807) is 0 Å². The third kappa shape index (κ3) is 3.21. The highest BCUT2D eigenvalue weighted by atomic mass is 15.2. The van der Waals surface area contributed by atoms with Crippen LogP contribution in [0.3, 0.4) is 0 Å². The van der Waals surface area contributed by atoms with E-state index >= 15 is 0 Å². The summed E-state index contributed by atoms with van der Waals surface area (Å²) < 4.78 is 0. The number of rotatable bonds is 6. The molecule has 1 aliphatic heterocycles. The first-order valence-corrected chi connectivity index (χ1v) is 7.16. The molecule has 2 rings (SSSR count). The molecule has 1 heterocycles. The van der Waals surface area contributed by atoms with Crippen molar-refractivity contribution in [3.8, 4) is 0 Å². The van der Waals surface area contributed by atoms with E-state index in [2.05, 4.69) is 31.0 Å². The van der Waals surface area contributed by atoms with Crippen LogP contribution in [0.4, 0.5) is 0 Å². The van der Waals surface area contributed by atoms with Gasteiger partial charge >= 0.3 is 0 Å². The standard InChI is InChI=1S/C14H28N2/c1-11(2)14-5-4-9-16(14)10-8-15-12(3)13-6-7-13/h11-15H,4-10H2,1-3H3. The fraction of sp³-hybridized carbons (Fsp3) is 1.00. The zero-order valence-electron chi connectivity index (χ0n) is 11.2. The highest BCUT2D eigenvalue weighted by Gasteiger charge is 2.29. The molecule has 0 aromatic carbocycles. The lowest BCUT2D eigenvalue weighted by atomic mass is 10.0. The van der Waals surface area contributed by atoms with Crippen molar-refractivity contribution in [3.63, 3.8) is 0 Å². The van der Waals surface area contributed by atoms with E-state index in [0.29, 0.717) is 0 Å². The summed E-state index contributed by atoms with van der Waals surface area (Å²) in [5, 5.41) is 3.69. The van der Waals surface area contributed by atoms with Crippen molar-refractivity contribution in [2.75, 3.05) is 19.6 Å². The molecule has 0 amide bonds. The third-order valence-electron chi connectivity index (χ3n) is 4.38. The van der Waals surface area contributed by atoms with Crippen LogP contribution in [0.2, 0.25) is 0 Å². The van der Waals surface area contributed by atoms with Gasteiger partial charge in [0.15, 0.2) is 0 Å². The summed E-state index contributed by atoms with van der Waals surface area (Å²) in [6.07, 6.45) is 5.72. The fourth-order valence-electron chi connectivity index (χ4n) is 3.08. The number of likely N-dealkylation sites (tertiary alicyclic amines) is 1. The van der Waals surface area contributed by atoms with Gasteiger partial charge in [0.25, 0.3) is 0 Å². The second kappa shape index (κ2) is 5.50. The molecular formula is C14H28N2. The number of nitrogens with one attached hydrogen (secondary N) is 1. The zero-order chi connectivity index (χ0) is 11.5. The molecule has 2 unspecified atom stereocenters. The van der Waals surface area contributed by atoms with Gasteiger partial charge in [-0.2, -0.15) is 0 Å². The normalized spacial score (nSPS) is 28.9. The second-order valence-corrected chi connectivity index (χ2v) is 6.07. The Bertz CT molecular complexity index is 211. The Kier molecular flexibility index (Phi) is 4.26. The van der Waals surface area contributed by atoms with Crippen molar-refractivity contribution in [2.24, 2.45) is 11.8 Å². The summed E-state index contributed by atoms with van der Waals surface area (Å²) in [6.45, 7) is 10.8. The minimum atomic E-state index is 0.750. The minimum absolute atomic E-state index is 0.750. The summed E-state index contributed by atoms with van der Waals surface area (Å²) in [4.78, 5) is 2.69. The predicted molar refractivity (Wildman–Crippen MR) is 69.6 cm³/mol. The van der Waals surface area contributed by atoms with Crippen molar-refractivity contribution in [1.29, 1.82) is 0 Å². The Morgan fingerprint density at radius 3 is 2.56 bits per heavy atom. The average molecular weight is 224 g/mol. The topological polar surface area (TPSA) is 15.3 Å². The van der Waals surface area contributed by atoms with Crippen LogP contribution in [-0.4, -0.2) is 36.6 Å². The summed E-state index contributed by atoms with van der Waals surface area (Å²) in [7, 11) is 0. The highest BCUT2D eigenvalue weighted by molar-refractivity contribution is 4.85. The van der Waals surface area contributed by atoms with Crippen LogP contribution in [0.25, 0.3) is 0 Å². The molecule has 0 bridgehead atoms. The van der Waals surface area contributed by atoms with E-state index in [1.807, 2.05) is 0 Å². The molecule has 94 valence electrons. The van der Waals surface area contributed by atoms with Gasteiger partial charge < -0.3 is 5.32 Å². The molecule has 2 aliphatic rings. The number of nitrogens with zero attached hydrogens (tertiary/aromatic N) is 1. The molecule has 0 spiro atoms. The van der Waals surface area contributed by atoms with Crippen molar-refractivity contribution in [3.05, 3.63) is 0 Å². The number of hydrogen-bond acceptors (Lipinski definition) is 2. The van der Waals surface area contributed by atoms with Gasteiger partial charge in [-0.1, -0.05) is 13.8 Å². The Labute approximate surface area is 101 Å². The van der Waals surface area contributed by atoms with Crippen LogP contribution in [0.1, 0.15) is 46.5 Å². The van der Waals surface area contributed by atoms with Crippen molar-refractivity contribution >= 4 is 0 Å². The SMILES string of the molecule is CC(C)C1CCCN1CCNC(C)C1CC1. The number of hydrogen-bond donors (Lipinski definition) is 1. The van der Waals surface area contributed by atoms with Crippen LogP contribution in [0.5, 0.6) is 0 Å². The van der Waals surface area contributed by atoms with Crippen molar-refractivity contribution in [1.82, 2.24) is 10.2 Å². The Morgan fingerprint density at radius 2 is 1.94 bits per heavy atom. The molecule has 16 heavy (non-hydrogen) atoms. The molecule has 0 radical (unpaired) electrons. The maximum atomic E-state index is 3.69. The van der Waals surface area contributed by atoms with Gasteiger partial charge in [-0.15, -0.1) is 0 Å². The Hall–Kier alpha value is -0.0800. The summed E-state index contributed by atoms with van der Waals surface area (Å²) in [5.74, 6) is 1.81. The molecule has 2 nitrogen and oxygen atoms in total. The molecule has 0 aromatic heterocycles. The van der Waals surface area contributed by atoms with E-state index in [1.165, 1.54) is 45.3 Å². The van der Waals surface area contributed by atoms with E-state index in [-0.39, 0.29) is 0 Å². The molecule has 2 heteroatoms. The van der Waals surface area contributed by atoms with Crippen LogP contribution >= 0.6 is 0 Å². The molecule has 2 fully saturated rings. The first-order valence-electron chi connectivity index (χ1n) is 7.16. The first kappa shape index (κ1) is 12.4. The molecule has 1 saturated heterocycles. The van der Waals surface area contributed by atoms with Gasteiger partial charge in [0.05, 0.1) is 0 Å². The maximum Gasteiger partial charge on any atom is 0.0119 e. The van der Waals surface area contributed by atoms with Crippen LogP contribution in [0, 0.1) is 11.8 Å². The quantitative estimate of drug-likeness (QED) is 0.746. The lowest BCUT2D eigenvalue weighted by molar-refractivity contribution is 0.204. The second-order valence-electron chi connectivity index (χ2n) is 6.07. The predicted octanol–water partition coefficient (Wildman–Crippen LogP) is 2.49. The maximum absolute atomic E-state index is 3.69. The summed E-state index contributed by atoms with van der Waals surface area (Å²) in [5.41, 5.74) is 0. The lowest BCUT2D eigenvalue weighted by Crippen LogP contribution is -2.40. The molecule has 1 saturated carbocycles. The first-order chi connectivity index (χ1) is 7.68. The summed E-state index contributed by atoms with van der Waals surface area (Å²) >= 11 is 0. The molecule has 2 atom stereocenters. The van der Waals surface area contributed by atoms with E-state index in [0.717, 1.165) is 23.9 Å². The smallest absolute Gasteiger partial charge is 0.0119 e. The molecule has 1 aliphatic carbocycles. The van der Waals surface area contributed by atoms with Crippen LogP contribution in [0.15, 0.2) is 0 Å². The molecular weight excluding hydrogens is 196 g/mol. The Morgan fingerprint density at radius 1 is 1.19 bits per heavy atom. The summed E-state index contributed by atoms with van der Waals surface area (Å²) in [6, 6.07) is 1.60. The lowest BCUT2D eigenvalue weighted by Gasteiger charge is -2.28. The van der Waals surface area contributed by atoms with Crippen LogP contribution in [-0.2, 0) is 0 Å². The van der Waals surface area contributed by atoms with Crippen molar-refractivity contribution in [2.45, 2.75) is 58.5 Å². The van der Waals surface area contributed by atoms with Gasteiger partial charge in [-0.3, -0.25) is 4.90 Å². The van der Waals surface area contributed by atoms with Gasteiger partial charge in [-0.25, -0.2) is 0 Å². The van der Waals surface area contributed by atoms with Gasteiger partial charge in [-0.05, 0) is 51.0 Å². The van der Waals surface area contributed by atoms with E-state index in [4.69, 9.17) is 0 Å². The monoisotopic (exact) mass is 224 g/mol. The largest absolute Gasteiger partial charge is 0.313 e. The Balaban J connectivity index is 1.64. The van der Waals surface area contributed by atoms with E-state index in [9.17, 15) is 0 Å². The highest BCUT2D eigenvalue weighted by Crippen LogP contribution is 2.32. The van der Waals surface area contributed by atoms with E-state index < -0.39 is 0 Å². The zero-order valence-corrected chi connectivity index (χ0v) is 11.2. The van der Waals surface area contributed by atoms with Crippen molar-refractivity contribution < 1.29 is 0 Å². The fourth-order valence-corrected chi connectivity index (χ4v) is 3.08. The molecule has 1 N–H and O–H groups in total.